The Balaban J connectivity index is 1.62. The Morgan fingerprint density at radius 2 is 2.11 bits per heavy atom. The Morgan fingerprint density at radius 1 is 1.29 bits per heavy atom. The predicted octanol–water partition coefficient (Wildman–Crippen LogP) is 4.24. The molecule has 0 saturated carbocycles. The van der Waals surface area contributed by atoms with E-state index in [0.717, 1.165) is 34.0 Å². The molecule has 0 aliphatic heterocycles. The summed E-state index contributed by atoms with van der Waals surface area (Å²) in [6.45, 7) is 5.20. The highest BCUT2D eigenvalue weighted by atomic mass is 32.1. The van der Waals surface area contributed by atoms with E-state index in [1.54, 1.807) is 0 Å². The van der Waals surface area contributed by atoms with Crippen molar-refractivity contribution in [3.8, 4) is 0 Å². The van der Waals surface area contributed by atoms with Crippen LogP contribution < -0.4 is 5.32 Å². The quantitative estimate of drug-likeness (QED) is 0.379. The molecule has 0 aliphatic carbocycles. The molecule has 144 valence electrons. The lowest BCUT2D eigenvalue weighted by Crippen LogP contribution is -2.25. The van der Waals surface area contributed by atoms with Crippen molar-refractivity contribution in [1.29, 1.82) is 0 Å². The third-order valence-electron chi connectivity index (χ3n) is 4.59. The summed E-state index contributed by atoms with van der Waals surface area (Å²) < 4.78 is 7.98. The topological polar surface area (TPSA) is 71.4 Å². The highest BCUT2D eigenvalue weighted by Gasteiger charge is 2.12. The van der Waals surface area contributed by atoms with Gasteiger partial charge in [-0.3, -0.25) is 9.20 Å². The fourth-order valence-electron chi connectivity index (χ4n) is 3.26. The number of hydrogen-bond acceptors (Lipinski definition) is 4. The van der Waals surface area contributed by atoms with Crippen molar-refractivity contribution in [2.75, 3.05) is 13.2 Å². The van der Waals surface area contributed by atoms with E-state index in [9.17, 15) is 4.79 Å². The van der Waals surface area contributed by atoms with Gasteiger partial charge in [0.15, 0.2) is 4.77 Å². The average molecular weight is 395 g/mol. The number of benzene rings is 2. The minimum Gasteiger partial charge on any atom is -0.379 e. The molecule has 0 unspecified atom stereocenters. The van der Waals surface area contributed by atoms with Gasteiger partial charge in [0.05, 0.1) is 22.7 Å². The van der Waals surface area contributed by atoms with E-state index < -0.39 is 0 Å². The maximum absolute atomic E-state index is 12.5. The van der Waals surface area contributed by atoms with Crippen molar-refractivity contribution in [3.63, 3.8) is 0 Å². The van der Waals surface area contributed by atoms with Crippen LogP contribution >= 0.6 is 12.2 Å². The zero-order chi connectivity index (χ0) is 19.7. The molecule has 0 aliphatic rings. The Bertz CT molecular complexity index is 1230. The molecule has 28 heavy (non-hydrogen) atoms. The number of imidazole rings is 1. The molecule has 0 saturated heterocycles. The van der Waals surface area contributed by atoms with Gasteiger partial charge in [0.25, 0.3) is 5.91 Å². The van der Waals surface area contributed by atoms with E-state index in [-0.39, 0.29) is 12.0 Å². The molecule has 1 amide bonds. The zero-order valence-electron chi connectivity index (χ0n) is 15.9. The van der Waals surface area contributed by atoms with Gasteiger partial charge in [-0.25, -0.2) is 4.98 Å². The molecule has 2 aromatic carbocycles. The lowest BCUT2D eigenvalue weighted by Gasteiger charge is -2.09. The molecule has 0 spiro atoms. The summed E-state index contributed by atoms with van der Waals surface area (Å²) in [5, 5.41) is 3.85. The highest BCUT2D eigenvalue weighted by molar-refractivity contribution is 7.71. The standard InChI is InChI=1S/C21H22N4O2S/c1-13(2)27-11-5-10-22-20(26)14-8-9-15-17(12-14)24-21(28)25-18-7-4-3-6-16(18)23-19(15)25/h3-4,6-9,12-13H,5,10-11H2,1-2H3,(H,22,26)(H,24,28). The second-order valence-corrected chi connectivity index (χ2v) is 7.37. The zero-order valence-corrected chi connectivity index (χ0v) is 16.7. The number of carbonyl (C=O) groups excluding carboxylic acids is 1. The molecular weight excluding hydrogens is 372 g/mol. The smallest absolute Gasteiger partial charge is 0.251 e. The third-order valence-corrected chi connectivity index (χ3v) is 4.87. The Hall–Kier alpha value is -2.77. The summed E-state index contributed by atoms with van der Waals surface area (Å²) in [7, 11) is 0. The van der Waals surface area contributed by atoms with Crippen LogP contribution in [-0.2, 0) is 4.74 Å². The first kappa shape index (κ1) is 18.6. The van der Waals surface area contributed by atoms with Crippen molar-refractivity contribution >= 4 is 45.7 Å². The van der Waals surface area contributed by atoms with E-state index in [2.05, 4.69) is 10.3 Å². The van der Waals surface area contributed by atoms with Gasteiger partial charge in [0, 0.05) is 24.1 Å². The maximum atomic E-state index is 12.5. The van der Waals surface area contributed by atoms with E-state index in [0.29, 0.717) is 23.5 Å². The number of aromatic nitrogens is 3. The number of hydrogen-bond donors (Lipinski definition) is 2. The second kappa shape index (κ2) is 7.69. The lowest BCUT2D eigenvalue weighted by atomic mass is 10.1. The van der Waals surface area contributed by atoms with E-state index in [1.807, 2.05) is 60.7 Å². The summed E-state index contributed by atoms with van der Waals surface area (Å²) in [5.41, 5.74) is 4.02. The molecule has 0 radical (unpaired) electrons. The van der Waals surface area contributed by atoms with Crippen molar-refractivity contribution < 1.29 is 9.53 Å². The normalized spacial score (nSPS) is 11.7. The molecule has 0 bridgehead atoms. The molecule has 2 N–H and O–H groups in total. The first-order valence-electron chi connectivity index (χ1n) is 9.37. The monoisotopic (exact) mass is 394 g/mol. The highest BCUT2D eigenvalue weighted by Crippen LogP contribution is 2.24. The summed E-state index contributed by atoms with van der Waals surface area (Å²) in [6.07, 6.45) is 0.983. The Morgan fingerprint density at radius 3 is 2.93 bits per heavy atom. The number of amides is 1. The molecule has 4 rings (SSSR count). The fraction of sp³-hybridized carbons (Fsp3) is 0.286. The van der Waals surface area contributed by atoms with Gasteiger partial charge in [-0.05, 0) is 62.8 Å². The minimum atomic E-state index is -0.112. The van der Waals surface area contributed by atoms with Crippen LogP contribution in [0, 0.1) is 4.77 Å². The van der Waals surface area contributed by atoms with Gasteiger partial charge in [-0.2, -0.15) is 0 Å². The van der Waals surface area contributed by atoms with Gasteiger partial charge in [-0.1, -0.05) is 12.1 Å². The van der Waals surface area contributed by atoms with E-state index in [4.69, 9.17) is 21.9 Å². The van der Waals surface area contributed by atoms with Crippen molar-refractivity contribution in [2.45, 2.75) is 26.4 Å². The number of aromatic amines is 1. The van der Waals surface area contributed by atoms with Crippen LogP contribution in [0.25, 0.3) is 27.6 Å². The first-order chi connectivity index (χ1) is 13.5. The van der Waals surface area contributed by atoms with Crippen molar-refractivity contribution in [1.82, 2.24) is 19.7 Å². The third kappa shape index (κ3) is 3.50. The lowest BCUT2D eigenvalue weighted by molar-refractivity contribution is 0.0757. The van der Waals surface area contributed by atoms with Gasteiger partial charge < -0.3 is 15.0 Å². The number of nitrogens with one attached hydrogen (secondary N) is 2. The van der Waals surface area contributed by atoms with Crippen LogP contribution in [0.4, 0.5) is 0 Å². The average Bonchev–Trinajstić information content (AvgIpc) is 3.07. The number of carbonyl (C=O) groups is 1. The number of rotatable bonds is 6. The molecular formula is C21H22N4O2S. The SMILES string of the molecule is CC(C)OCCCNC(=O)c1ccc2c(c1)[nH]c(=S)n1c3ccccc3nc21. The number of fused-ring (bicyclic) bond motifs is 5. The summed E-state index contributed by atoms with van der Waals surface area (Å²) >= 11 is 5.54. The Kier molecular flexibility index (Phi) is 5.11. The second-order valence-electron chi connectivity index (χ2n) is 6.98. The largest absolute Gasteiger partial charge is 0.379 e. The summed E-state index contributed by atoms with van der Waals surface area (Å²) in [5.74, 6) is -0.112. The molecule has 0 fully saturated rings. The van der Waals surface area contributed by atoms with Gasteiger partial charge in [0.1, 0.15) is 5.65 Å². The number of H-pyrrole nitrogens is 1. The Labute approximate surface area is 167 Å². The van der Waals surface area contributed by atoms with Crippen LogP contribution in [-0.4, -0.2) is 39.5 Å². The van der Waals surface area contributed by atoms with Gasteiger partial charge >= 0.3 is 0 Å². The predicted molar refractivity (Wildman–Crippen MR) is 113 cm³/mol. The van der Waals surface area contributed by atoms with E-state index >= 15 is 0 Å². The van der Waals surface area contributed by atoms with E-state index in [1.165, 1.54) is 0 Å². The van der Waals surface area contributed by atoms with Crippen LogP contribution in [0.5, 0.6) is 0 Å². The fourth-order valence-corrected chi connectivity index (χ4v) is 3.56. The number of nitrogens with zero attached hydrogens (tertiary/aromatic N) is 2. The summed E-state index contributed by atoms with van der Waals surface area (Å²) in [4.78, 5) is 20.4. The number of ether oxygens (including phenoxy) is 1. The first-order valence-corrected chi connectivity index (χ1v) is 9.78. The summed E-state index contributed by atoms with van der Waals surface area (Å²) in [6, 6.07) is 13.4. The van der Waals surface area contributed by atoms with Gasteiger partial charge in [-0.15, -0.1) is 0 Å². The maximum Gasteiger partial charge on any atom is 0.251 e. The minimum absolute atomic E-state index is 0.112. The van der Waals surface area contributed by atoms with Crippen LogP contribution in [0.2, 0.25) is 0 Å². The molecule has 4 aromatic rings. The number of para-hydroxylation sites is 2. The van der Waals surface area contributed by atoms with Gasteiger partial charge in [0.2, 0.25) is 0 Å². The van der Waals surface area contributed by atoms with Crippen LogP contribution in [0.15, 0.2) is 42.5 Å². The molecule has 0 atom stereocenters. The van der Waals surface area contributed by atoms with Crippen LogP contribution in [0.1, 0.15) is 30.6 Å². The molecule has 2 heterocycles. The van der Waals surface area contributed by atoms with Crippen molar-refractivity contribution in [3.05, 3.63) is 52.8 Å². The van der Waals surface area contributed by atoms with Crippen molar-refractivity contribution in [2.24, 2.45) is 0 Å². The van der Waals surface area contributed by atoms with Crippen LogP contribution in [0.3, 0.4) is 0 Å². The molecule has 2 aromatic heterocycles. The molecule has 7 heteroatoms. The molecule has 6 nitrogen and oxygen atoms in total.